The van der Waals surface area contributed by atoms with Gasteiger partial charge in [0.1, 0.15) is 11.6 Å². The molecule has 0 fully saturated rings. The molecule has 3 N–H and O–H groups in total. The van der Waals surface area contributed by atoms with Gasteiger partial charge < -0.3 is 16.0 Å². The van der Waals surface area contributed by atoms with E-state index in [-0.39, 0.29) is 24.6 Å². The molecule has 0 bridgehead atoms. The number of nitriles is 1. The molecule has 0 aliphatic rings. The lowest BCUT2D eigenvalue weighted by Crippen LogP contribution is -2.32. The summed E-state index contributed by atoms with van der Waals surface area (Å²) in [6.45, 7) is 6.28. The lowest BCUT2D eigenvalue weighted by atomic mass is 10.2. The topological polar surface area (TPSA) is 99.2 Å². The van der Waals surface area contributed by atoms with Crippen LogP contribution in [0.5, 0.6) is 0 Å². The van der Waals surface area contributed by atoms with E-state index in [1.54, 1.807) is 6.07 Å². The number of carbonyl (C=O) groups is 2. The molecule has 100 valence electrons. The molecular weight excluding hydrogens is 232 g/mol. The van der Waals surface area contributed by atoms with Crippen LogP contribution in [0.15, 0.2) is 11.8 Å². The SMILES string of the molecule is CC(=O)N(/C=C(/C#N)C(=O)NCC(C)C)CCN. The second kappa shape index (κ2) is 8.25. The molecule has 18 heavy (non-hydrogen) atoms. The second-order valence-electron chi connectivity index (χ2n) is 4.26. The Hall–Kier alpha value is -1.87. The molecule has 0 heterocycles. The second-order valence-corrected chi connectivity index (χ2v) is 4.26. The molecule has 0 aromatic carbocycles. The quantitative estimate of drug-likeness (QED) is 0.512. The van der Waals surface area contributed by atoms with Crippen molar-refractivity contribution in [3.8, 4) is 6.07 Å². The number of amides is 2. The minimum atomic E-state index is -0.477. The fourth-order valence-electron chi connectivity index (χ4n) is 1.14. The largest absolute Gasteiger partial charge is 0.351 e. The first-order valence-corrected chi connectivity index (χ1v) is 5.79. The lowest BCUT2D eigenvalue weighted by Gasteiger charge is -2.15. The number of hydrogen-bond acceptors (Lipinski definition) is 4. The summed E-state index contributed by atoms with van der Waals surface area (Å²) < 4.78 is 0. The first kappa shape index (κ1) is 16.1. The number of carbonyl (C=O) groups excluding carboxylic acids is 2. The van der Waals surface area contributed by atoms with Crippen LogP contribution >= 0.6 is 0 Å². The van der Waals surface area contributed by atoms with Crippen molar-refractivity contribution in [2.75, 3.05) is 19.6 Å². The van der Waals surface area contributed by atoms with Gasteiger partial charge in [-0.3, -0.25) is 9.59 Å². The Morgan fingerprint density at radius 1 is 1.50 bits per heavy atom. The van der Waals surface area contributed by atoms with Gasteiger partial charge in [-0.15, -0.1) is 0 Å². The van der Waals surface area contributed by atoms with E-state index in [2.05, 4.69) is 5.32 Å². The van der Waals surface area contributed by atoms with Crippen molar-refractivity contribution in [3.63, 3.8) is 0 Å². The van der Waals surface area contributed by atoms with Crippen LogP contribution in [0.1, 0.15) is 20.8 Å². The minimum Gasteiger partial charge on any atom is -0.351 e. The molecule has 0 radical (unpaired) electrons. The van der Waals surface area contributed by atoms with E-state index in [0.717, 1.165) is 0 Å². The molecule has 0 saturated heterocycles. The molecule has 0 spiro atoms. The Balaban J connectivity index is 4.78. The van der Waals surface area contributed by atoms with Crippen molar-refractivity contribution in [1.29, 1.82) is 5.26 Å². The van der Waals surface area contributed by atoms with Crippen LogP contribution in [0.2, 0.25) is 0 Å². The normalized spacial score (nSPS) is 11.0. The summed E-state index contributed by atoms with van der Waals surface area (Å²) in [5.74, 6) is -0.443. The van der Waals surface area contributed by atoms with E-state index in [1.807, 2.05) is 13.8 Å². The third-order valence-corrected chi connectivity index (χ3v) is 2.10. The number of nitrogens with zero attached hydrogens (tertiary/aromatic N) is 2. The van der Waals surface area contributed by atoms with Crippen LogP contribution in [-0.2, 0) is 9.59 Å². The molecule has 2 amide bonds. The van der Waals surface area contributed by atoms with Gasteiger partial charge in [0, 0.05) is 32.8 Å². The fourth-order valence-corrected chi connectivity index (χ4v) is 1.14. The highest BCUT2D eigenvalue weighted by Gasteiger charge is 2.13. The van der Waals surface area contributed by atoms with E-state index in [9.17, 15) is 9.59 Å². The van der Waals surface area contributed by atoms with E-state index in [0.29, 0.717) is 12.5 Å². The summed E-state index contributed by atoms with van der Waals surface area (Å²) in [6, 6.07) is 1.78. The Morgan fingerprint density at radius 3 is 2.50 bits per heavy atom. The summed E-state index contributed by atoms with van der Waals surface area (Å²) in [5, 5.41) is 11.5. The van der Waals surface area contributed by atoms with Gasteiger partial charge in [0.25, 0.3) is 5.91 Å². The molecule has 0 aromatic heterocycles. The van der Waals surface area contributed by atoms with Crippen molar-refractivity contribution in [2.45, 2.75) is 20.8 Å². The van der Waals surface area contributed by atoms with Crippen LogP contribution in [-0.4, -0.2) is 36.3 Å². The highest BCUT2D eigenvalue weighted by molar-refractivity contribution is 5.97. The van der Waals surface area contributed by atoms with Gasteiger partial charge >= 0.3 is 0 Å². The maximum absolute atomic E-state index is 11.7. The molecule has 0 rings (SSSR count). The average Bonchev–Trinajstić information content (AvgIpc) is 2.31. The molecular formula is C12H20N4O2. The van der Waals surface area contributed by atoms with Gasteiger partial charge in [-0.05, 0) is 5.92 Å². The maximum atomic E-state index is 11.7. The molecule has 0 aromatic rings. The summed E-state index contributed by atoms with van der Waals surface area (Å²) in [5.41, 5.74) is 5.25. The van der Waals surface area contributed by atoms with Gasteiger partial charge in [0.15, 0.2) is 0 Å². The predicted molar refractivity (Wildman–Crippen MR) is 68.0 cm³/mol. The Kier molecular flexibility index (Phi) is 7.40. The maximum Gasteiger partial charge on any atom is 0.263 e. The van der Waals surface area contributed by atoms with Gasteiger partial charge in [-0.2, -0.15) is 5.26 Å². The van der Waals surface area contributed by atoms with Crippen molar-refractivity contribution in [2.24, 2.45) is 11.7 Å². The third-order valence-electron chi connectivity index (χ3n) is 2.10. The highest BCUT2D eigenvalue weighted by Crippen LogP contribution is 1.99. The summed E-state index contributed by atoms with van der Waals surface area (Å²) >= 11 is 0. The van der Waals surface area contributed by atoms with E-state index in [1.165, 1.54) is 18.0 Å². The van der Waals surface area contributed by atoms with Gasteiger partial charge in [0.2, 0.25) is 5.91 Å². The average molecular weight is 252 g/mol. The molecule has 0 aliphatic heterocycles. The lowest BCUT2D eigenvalue weighted by molar-refractivity contribution is -0.126. The monoisotopic (exact) mass is 252 g/mol. The molecule has 6 nitrogen and oxygen atoms in total. The van der Waals surface area contributed by atoms with Gasteiger partial charge in [-0.1, -0.05) is 13.8 Å². The van der Waals surface area contributed by atoms with E-state index >= 15 is 0 Å². The zero-order chi connectivity index (χ0) is 14.1. The van der Waals surface area contributed by atoms with Crippen molar-refractivity contribution in [3.05, 3.63) is 11.8 Å². The van der Waals surface area contributed by atoms with E-state index in [4.69, 9.17) is 11.0 Å². The first-order valence-electron chi connectivity index (χ1n) is 5.79. The minimum absolute atomic E-state index is 0.0979. The van der Waals surface area contributed by atoms with Crippen LogP contribution in [0, 0.1) is 17.2 Å². The Morgan fingerprint density at radius 2 is 2.11 bits per heavy atom. The number of nitrogens with one attached hydrogen (secondary N) is 1. The smallest absolute Gasteiger partial charge is 0.263 e. The predicted octanol–water partition coefficient (Wildman–Crippen LogP) is -0.0267. The number of rotatable bonds is 6. The van der Waals surface area contributed by atoms with Crippen molar-refractivity contribution in [1.82, 2.24) is 10.2 Å². The third kappa shape index (κ3) is 6.01. The zero-order valence-corrected chi connectivity index (χ0v) is 11.1. The first-order chi connectivity index (χ1) is 8.42. The molecule has 0 saturated carbocycles. The molecule has 0 unspecified atom stereocenters. The van der Waals surface area contributed by atoms with Crippen LogP contribution < -0.4 is 11.1 Å². The highest BCUT2D eigenvalue weighted by atomic mass is 16.2. The summed E-state index contributed by atoms with van der Waals surface area (Å²) in [4.78, 5) is 24.2. The Bertz CT molecular complexity index is 369. The molecule has 6 heteroatoms. The number of nitrogens with two attached hydrogens (primary N) is 1. The molecule has 0 aliphatic carbocycles. The molecule has 0 atom stereocenters. The fraction of sp³-hybridized carbons (Fsp3) is 0.583. The van der Waals surface area contributed by atoms with Crippen LogP contribution in [0.3, 0.4) is 0 Å². The van der Waals surface area contributed by atoms with Crippen LogP contribution in [0.25, 0.3) is 0 Å². The van der Waals surface area contributed by atoms with Gasteiger partial charge in [0.05, 0.1) is 0 Å². The Labute approximate surface area is 107 Å². The van der Waals surface area contributed by atoms with Crippen LogP contribution in [0.4, 0.5) is 0 Å². The van der Waals surface area contributed by atoms with E-state index < -0.39 is 5.91 Å². The zero-order valence-electron chi connectivity index (χ0n) is 11.1. The standard InChI is InChI=1S/C12H20N4O2/c1-9(2)7-15-12(18)11(6-14)8-16(5-4-13)10(3)17/h8-9H,4-5,7,13H2,1-3H3,(H,15,18)/b11-8-. The number of hydrogen-bond donors (Lipinski definition) is 2. The van der Waals surface area contributed by atoms with Gasteiger partial charge in [-0.25, -0.2) is 0 Å². The van der Waals surface area contributed by atoms with Crippen molar-refractivity contribution >= 4 is 11.8 Å². The summed E-state index contributed by atoms with van der Waals surface area (Å²) in [7, 11) is 0. The summed E-state index contributed by atoms with van der Waals surface area (Å²) in [6.07, 6.45) is 1.24. The van der Waals surface area contributed by atoms with Crippen molar-refractivity contribution < 1.29 is 9.59 Å².